The van der Waals surface area contributed by atoms with Crippen LogP contribution in [0.15, 0.2) is 30.3 Å². The van der Waals surface area contributed by atoms with Crippen molar-refractivity contribution in [2.75, 3.05) is 5.32 Å². The maximum Gasteiger partial charge on any atom is 0.194 e. The molecule has 2 aromatic carbocycles. The van der Waals surface area contributed by atoms with Crippen molar-refractivity contribution in [2.45, 2.75) is 6.54 Å². The predicted molar refractivity (Wildman–Crippen MR) is 69.8 cm³/mol. The van der Waals surface area contributed by atoms with Gasteiger partial charge in [0.15, 0.2) is 17.5 Å². The van der Waals surface area contributed by atoms with Crippen LogP contribution >= 0.6 is 11.6 Å². The molecular formula is C14H8ClF3N2. The monoisotopic (exact) mass is 296 g/mol. The number of benzene rings is 2. The zero-order valence-electron chi connectivity index (χ0n) is 10.1. The number of rotatable bonds is 3. The Morgan fingerprint density at radius 1 is 1.10 bits per heavy atom. The Labute approximate surface area is 118 Å². The van der Waals surface area contributed by atoms with Gasteiger partial charge in [0.2, 0.25) is 0 Å². The Hall–Kier alpha value is -2.19. The summed E-state index contributed by atoms with van der Waals surface area (Å²) in [6, 6.07) is 8.41. The molecule has 2 aromatic rings. The first-order valence-electron chi connectivity index (χ1n) is 5.58. The van der Waals surface area contributed by atoms with Gasteiger partial charge in [-0.05, 0) is 35.9 Å². The lowest BCUT2D eigenvalue weighted by Crippen LogP contribution is -2.02. The molecule has 0 aliphatic carbocycles. The van der Waals surface area contributed by atoms with Gasteiger partial charge in [-0.15, -0.1) is 0 Å². The SMILES string of the molecule is N#Cc1cc(NCc2cc(F)c(F)c(F)c2)ccc1Cl. The minimum atomic E-state index is -1.49. The molecule has 0 aliphatic rings. The highest BCUT2D eigenvalue weighted by molar-refractivity contribution is 6.31. The minimum Gasteiger partial charge on any atom is -0.381 e. The Bertz CT molecular complexity index is 672. The molecule has 0 amide bonds. The lowest BCUT2D eigenvalue weighted by Gasteiger charge is -2.08. The van der Waals surface area contributed by atoms with E-state index in [1.54, 1.807) is 6.07 Å². The summed E-state index contributed by atoms with van der Waals surface area (Å²) in [7, 11) is 0. The van der Waals surface area contributed by atoms with Crippen molar-refractivity contribution in [2.24, 2.45) is 0 Å². The van der Waals surface area contributed by atoms with Crippen LogP contribution in [0.3, 0.4) is 0 Å². The maximum atomic E-state index is 13.0. The van der Waals surface area contributed by atoms with E-state index >= 15 is 0 Å². The molecule has 0 bridgehead atoms. The van der Waals surface area contributed by atoms with Crippen LogP contribution in [0.4, 0.5) is 18.9 Å². The van der Waals surface area contributed by atoms with Crippen LogP contribution in [0.2, 0.25) is 5.02 Å². The van der Waals surface area contributed by atoms with E-state index in [9.17, 15) is 13.2 Å². The average Bonchev–Trinajstić information content (AvgIpc) is 2.43. The largest absolute Gasteiger partial charge is 0.381 e. The number of anilines is 1. The molecule has 0 spiro atoms. The van der Waals surface area contributed by atoms with Crippen molar-refractivity contribution in [3.8, 4) is 6.07 Å². The number of nitriles is 1. The molecule has 0 saturated carbocycles. The van der Waals surface area contributed by atoms with E-state index in [4.69, 9.17) is 16.9 Å². The normalized spacial score (nSPS) is 10.2. The molecule has 2 nitrogen and oxygen atoms in total. The van der Waals surface area contributed by atoms with E-state index in [1.807, 2.05) is 6.07 Å². The first-order chi connectivity index (χ1) is 9.51. The van der Waals surface area contributed by atoms with Gasteiger partial charge in [-0.3, -0.25) is 0 Å². The number of hydrogen-bond donors (Lipinski definition) is 1. The Morgan fingerprint density at radius 2 is 1.75 bits per heavy atom. The van der Waals surface area contributed by atoms with Crippen LogP contribution in [-0.2, 0) is 6.54 Å². The van der Waals surface area contributed by atoms with Crippen LogP contribution in [0.5, 0.6) is 0 Å². The molecule has 0 aliphatic heterocycles. The second-order valence-corrected chi connectivity index (χ2v) is 4.44. The minimum absolute atomic E-state index is 0.0839. The number of nitrogens with one attached hydrogen (secondary N) is 1. The van der Waals surface area contributed by atoms with Gasteiger partial charge in [-0.1, -0.05) is 11.6 Å². The van der Waals surface area contributed by atoms with Gasteiger partial charge in [0.05, 0.1) is 10.6 Å². The smallest absolute Gasteiger partial charge is 0.194 e. The summed E-state index contributed by atoms with van der Waals surface area (Å²) in [6.45, 7) is 0.0839. The standard InChI is InChI=1S/C14H8ClF3N2/c15-11-2-1-10(5-9(11)6-19)20-7-8-3-12(16)14(18)13(17)4-8/h1-5,20H,7H2. The van der Waals surface area contributed by atoms with Crippen molar-refractivity contribution in [3.63, 3.8) is 0 Å². The molecular weight excluding hydrogens is 289 g/mol. The fraction of sp³-hybridized carbons (Fsp3) is 0.0714. The Balaban J connectivity index is 2.15. The molecule has 0 atom stereocenters. The summed E-state index contributed by atoms with van der Waals surface area (Å²) < 4.78 is 38.9. The highest BCUT2D eigenvalue weighted by Gasteiger charge is 2.10. The van der Waals surface area contributed by atoms with Crippen LogP contribution in [-0.4, -0.2) is 0 Å². The van der Waals surface area contributed by atoms with Gasteiger partial charge < -0.3 is 5.32 Å². The lowest BCUT2D eigenvalue weighted by atomic mass is 10.2. The van der Waals surface area contributed by atoms with Gasteiger partial charge in [-0.25, -0.2) is 13.2 Å². The number of halogens is 4. The van der Waals surface area contributed by atoms with E-state index in [0.717, 1.165) is 12.1 Å². The third-order valence-electron chi connectivity index (χ3n) is 2.63. The quantitative estimate of drug-likeness (QED) is 0.860. The molecule has 102 valence electrons. The van der Waals surface area contributed by atoms with E-state index in [2.05, 4.69) is 5.32 Å². The van der Waals surface area contributed by atoms with Crippen molar-refractivity contribution in [1.29, 1.82) is 5.26 Å². The summed E-state index contributed by atoms with van der Waals surface area (Å²) in [5.74, 6) is -3.97. The van der Waals surface area contributed by atoms with Gasteiger partial charge >= 0.3 is 0 Å². The summed E-state index contributed by atoms with van der Waals surface area (Å²) in [5.41, 5.74) is 1.10. The summed E-state index contributed by atoms with van der Waals surface area (Å²) in [5, 5.41) is 12.0. The highest BCUT2D eigenvalue weighted by Crippen LogP contribution is 2.21. The van der Waals surface area contributed by atoms with Crippen molar-refractivity contribution < 1.29 is 13.2 Å². The fourth-order valence-electron chi connectivity index (χ4n) is 1.64. The van der Waals surface area contributed by atoms with E-state index < -0.39 is 17.5 Å². The van der Waals surface area contributed by atoms with E-state index in [0.29, 0.717) is 10.7 Å². The van der Waals surface area contributed by atoms with Crippen molar-refractivity contribution >= 4 is 17.3 Å². The summed E-state index contributed by atoms with van der Waals surface area (Å²) in [6.07, 6.45) is 0. The molecule has 1 N–H and O–H groups in total. The second-order valence-electron chi connectivity index (χ2n) is 4.03. The number of nitrogens with zero attached hydrogens (tertiary/aromatic N) is 1. The third kappa shape index (κ3) is 3.03. The molecule has 0 fully saturated rings. The second kappa shape index (κ2) is 5.85. The zero-order chi connectivity index (χ0) is 14.7. The molecule has 6 heteroatoms. The fourth-order valence-corrected chi connectivity index (χ4v) is 1.79. The van der Waals surface area contributed by atoms with Gasteiger partial charge in [0.25, 0.3) is 0 Å². The summed E-state index contributed by atoms with van der Waals surface area (Å²) >= 11 is 5.78. The first-order valence-corrected chi connectivity index (χ1v) is 5.96. The van der Waals surface area contributed by atoms with E-state index in [1.165, 1.54) is 12.1 Å². The van der Waals surface area contributed by atoms with Gasteiger partial charge in [0, 0.05) is 12.2 Å². The van der Waals surface area contributed by atoms with E-state index in [-0.39, 0.29) is 17.7 Å². The van der Waals surface area contributed by atoms with Gasteiger partial charge in [-0.2, -0.15) is 5.26 Å². The maximum absolute atomic E-state index is 13.0. The average molecular weight is 297 g/mol. The molecule has 0 saturated heterocycles. The number of hydrogen-bond acceptors (Lipinski definition) is 2. The highest BCUT2D eigenvalue weighted by atomic mass is 35.5. The molecule has 0 aromatic heterocycles. The summed E-state index contributed by atoms with van der Waals surface area (Å²) in [4.78, 5) is 0. The molecule has 20 heavy (non-hydrogen) atoms. The predicted octanol–water partition coefficient (Wildman–Crippen LogP) is 4.24. The van der Waals surface area contributed by atoms with Crippen LogP contribution < -0.4 is 5.32 Å². The van der Waals surface area contributed by atoms with Crippen molar-refractivity contribution in [1.82, 2.24) is 0 Å². The zero-order valence-corrected chi connectivity index (χ0v) is 10.8. The van der Waals surface area contributed by atoms with Gasteiger partial charge in [0.1, 0.15) is 6.07 Å². The molecule has 2 rings (SSSR count). The molecule has 0 unspecified atom stereocenters. The third-order valence-corrected chi connectivity index (χ3v) is 2.96. The first kappa shape index (κ1) is 14.2. The van der Waals surface area contributed by atoms with Crippen molar-refractivity contribution in [3.05, 3.63) is 63.9 Å². The van der Waals surface area contributed by atoms with Crippen LogP contribution in [0, 0.1) is 28.8 Å². The Kier molecular flexibility index (Phi) is 4.16. The molecule has 0 heterocycles. The van der Waals surface area contributed by atoms with Crippen LogP contribution in [0.1, 0.15) is 11.1 Å². The lowest BCUT2D eigenvalue weighted by molar-refractivity contribution is 0.445. The topological polar surface area (TPSA) is 35.8 Å². The molecule has 0 radical (unpaired) electrons. The van der Waals surface area contributed by atoms with Crippen LogP contribution in [0.25, 0.3) is 0 Å². The Morgan fingerprint density at radius 3 is 2.35 bits per heavy atom.